The van der Waals surface area contributed by atoms with Crippen LogP contribution in [0.4, 0.5) is 8.78 Å². The molecule has 0 saturated heterocycles. The summed E-state index contributed by atoms with van der Waals surface area (Å²) in [6.07, 6.45) is 3.45. The topological polar surface area (TPSA) is 67.6 Å². The zero-order valence-corrected chi connectivity index (χ0v) is 13.1. The van der Waals surface area contributed by atoms with Gasteiger partial charge in [0.15, 0.2) is 0 Å². The van der Waals surface area contributed by atoms with E-state index in [1.54, 1.807) is 12.4 Å². The Hall–Kier alpha value is -3.12. The van der Waals surface area contributed by atoms with Crippen molar-refractivity contribution in [1.29, 1.82) is 0 Å². The van der Waals surface area contributed by atoms with Gasteiger partial charge in [-0.15, -0.1) is 0 Å². The molecule has 4 nitrogen and oxygen atoms in total. The van der Waals surface area contributed by atoms with Crippen LogP contribution in [0.5, 0.6) is 0 Å². The number of nitrogens with two attached hydrogens (primary N) is 1. The summed E-state index contributed by atoms with van der Waals surface area (Å²) in [5.41, 5.74) is 9.85. The largest absolute Gasteiger partial charge is 0.340 e. The monoisotopic (exact) mass is 336 g/mol. The van der Waals surface area contributed by atoms with E-state index in [1.807, 2.05) is 30.3 Å². The van der Waals surface area contributed by atoms with E-state index < -0.39 is 17.7 Å². The zero-order chi connectivity index (χ0) is 17.4. The maximum absolute atomic E-state index is 14.0. The molecule has 25 heavy (non-hydrogen) atoms. The lowest BCUT2D eigenvalue weighted by Gasteiger charge is -2.10. The van der Waals surface area contributed by atoms with Gasteiger partial charge in [-0.3, -0.25) is 4.98 Å². The van der Waals surface area contributed by atoms with Crippen molar-refractivity contribution in [2.75, 3.05) is 0 Å². The van der Waals surface area contributed by atoms with Gasteiger partial charge < -0.3 is 10.7 Å². The SMILES string of the molecule is NC(c1nc2cc(-c3ccncc3)ccc2[nH]1)c1ccc(F)cc1F. The molecule has 0 aliphatic rings. The predicted octanol–water partition coefficient (Wildman–Crippen LogP) is 3.95. The van der Waals surface area contributed by atoms with Crippen LogP contribution in [0.1, 0.15) is 17.4 Å². The van der Waals surface area contributed by atoms with Gasteiger partial charge in [-0.05, 0) is 41.5 Å². The molecule has 3 N–H and O–H groups in total. The van der Waals surface area contributed by atoms with E-state index in [-0.39, 0.29) is 5.56 Å². The van der Waals surface area contributed by atoms with E-state index in [0.717, 1.165) is 28.2 Å². The van der Waals surface area contributed by atoms with Crippen molar-refractivity contribution in [2.45, 2.75) is 6.04 Å². The number of hydrogen-bond donors (Lipinski definition) is 2. The second kappa shape index (κ2) is 6.07. The highest BCUT2D eigenvalue weighted by Gasteiger charge is 2.18. The van der Waals surface area contributed by atoms with Crippen LogP contribution in [-0.2, 0) is 0 Å². The van der Waals surface area contributed by atoms with Crippen molar-refractivity contribution < 1.29 is 8.78 Å². The van der Waals surface area contributed by atoms with Gasteiger partial charge in [0.1, 0.15) is 17.5 Å². The lowest BCUT2D eigenvalue weighted by molar-refractivity contribution is 0.563. The Morgan fingerprint density at radius 1 is 0.920 bits per heavy atom. The number of halogens is 2. The molecule has 0 fully saturated rings. The number of rotatable bonds is 3. The third kappa shape index (κ3) is 2.88. The molecule has 4 rings (SSSR count). The molecule has 4 aromatic rings. The fourth-order valence-electron chi connectivity index (χ4n) is 2.80. The summed E-state index contributed by atoms with van der Waals surface area (Å²) in [6.45, 7) is 0. The number of hydrogen-bond acceptors (Lipinski definition) is 3. The predicted molar refractivity (Wildman–Crippen MR) is 91.7 cm³/mol. The quantitative estimate of drug-likeness (QED) is 0.595. The van der Waals surface area contributed by atoms with Crippen molar-refractivity contribution in [3.63, 3.8) is 0 Å². The first-order chi connectivity index (χ1) is 12.1. The average Bonchev–Trinajstić information content (AvgIpc) is 3.05. The minimum absolute atomic E-state index is 0.190. The van der Waals surface area contributed by atoms with Crippen LogP contribution in [0.25, 0.3) is 22.2 Å². The molecule has 124 valence electrons. The summed E-state index contributed by atoms with van der Waals surface area (Å²) in [7, 11) is 0. The van der Waals surface area contributed by atoms with E-state index in [1.165, 1.54) is 12.1 Å². The third-order valence-electron chi connectivity index (χ3n) is 4.11. The molecule has 2 aromatic carbocycles. The van der Waals surface area contributed by atoms with Gasteiger partial charge in [0.25, 0.3) is 0 Å². The van der Waals surface area contributed by atoms with Gasteiger partial charge in [0, 0.05) is 24.0 Å². The lowest BCUT2D eigenvalue weighted by atomic mass is 10.1. The van der Waals surface area contributed by atoms with Gasteiger partial charge >= 0.3 is 0 Å². The molecule has 2 heterocycles. The molecule has 0 saturated carbocycles. The van der Waals surface area contributed by atoms with Crippen molar-refractivity contribution in [3.8, 4) is 11.1 Å². The molecular formula is C19H14F2N4. The van der Waals surface area contributed by atoms with Crippen LogP contribution >= 0.6 is 0 Å². The fourth-order valence-corrected chi connectivity index (χ4v) is 2.80. The highest BCUT2D eigenvalue weighted by Crippen LogP contribution is 2.26. The van der Waals surface area contributed by atoms with Gasteiger partial charge in [0.2, 0.25) is 0 Å². The van der Waals surface area contributed by atoms with Crippen molar-refractivity contribution in [1.82, 2.24) is 15.0 Å². The van der Waals surface area contributed by atoms with Gasteiger partial charge in [-0.2, -0.15) is 0 Å². The van der Waals surface area contributed by atoms with Crippen LogP contribution in [0.3, 0.4) is 0 Å². The Labute approximate surface area is 142 Å². The summed E-state index contributed by atoms with van der Waals surface area (Å²) < 4.78 is 27.0. The highest BCUT2D eigenvalue weighted by atomic mass is 19.1. The molecule has 2 aromatic heterocycles. The first-order valence-corrected chi connectivity index (χ1v) is 7.72. The Balaban J connectivity index is 1.74. The summed E-state index contributed by atoms with van der Waals surface area (Å²) in [4.78, 5) is 11.6. The number of pyridine rings is 1. The van der Waals surface area contributed by atoms with Crippen LogP contribution in [-0.4, -0.2) is 15.0 Å². The van der Waals surface area contributed by atoms with E-state index in [4.69, 9.17) is 5.73 Å². The number of imidazole rings is 1. The van der Waals surface area contributed by atoms with E-state index >= 15 is 0 Å². The van der Waals surface area contributed by atoms with E-state index in [0.29, 0.717) is 5.82 Å². The normalized spacial score (nSPS) is 12.4. The van der Waals surface area contributed by atoms with Gasteiger partial charge in [0.05, 0.1) is 17.1 Å². The number of H-pyrrole nitrogens is 1. The maximum atomic E-state index is 14.0. The Morgan fingerprint density at radius 2 is 1.72 bits per heavy atom. The molecule has 6 heteroatoms. The third-order valence-corrected chi connectivity index (χ3v) is 4.11. The van der Waals surface area contributed by atoms with Crippen LogP contribution < -0.4 is 5.73 Å². The lowest BCUT2D eigenvalue weighted by Crippen LogP contribution is -2.15. The fraction of sp³-hybridized carbons (Fsp3) is 0.0526. The molecule has 0 aliphatic carbocycles. The second-order valence-electron chi connectivity index (χ2n) is 5.73. The van der Waals surface area contributed by atoms with Crippen molar-refractivity contribution >= 4 is 11.0 Å². The number of fused-ring (bicyclic) bond motifs is 1. The van der Waals surface area contributed by atoms with Gasteiger partial charge in [-0.25, -0.2) is 13.8 Å². The number of nitrogens with zero attached hydrogens (tertiary/aromatic N) is 2. The van der Waals surface area contributed by atoms with Crippen LogP contribution in [0, 0.1) is 11.6 Å². The average molecular weight is 336 g/mol. The number of benzene rings is 2. The highest BCUT2D eigenvalue weighted by molar-refractivity contribution is 5.82. The molecule has 0 aliphatic heterocycles. The Bertz CT molecular complexity index is 1040. The first-order valence-electron chi connectivity index (χ1n) is 7.72. The molecule has 1 unspecified atom stereocenters. The first kappa shape index (κ1) is 15.4. The number of nitrogens with one attached hydrogen (secondary N) is 1. The molecule has 0 spiro atoms. The number of aromatic amines is 1. The van der Waals surface area contributed by atoms with Crippen molar-refractivity contribution in [3.05, 3.63) is 83.9 Å². The maximum Gasteiger partial charge on any atom is 0.131 e. The smallest absolute Gasteiger partial charge is 0.131 e. The van der Waals surface area contributed by atoms with Crippen LogP contribution in [0.2, 0.25) is 0 Å². The molecule has 1 atom stereocenters. The number of aromatic nitrogens is 3. The summed E-state index contributed by atoms with van der Waals surface area (Å²) in [5.74, 6) is -0.905. The minimum atomic E-state index is -0.808. The van der Waals surface area contributed by atoms with Crippen molar-refractivity contribution in [2.24, 2.45) is 5.73 Å². The Kier molecular flexibility index (Phi) is 3.74. The standard InChI is InChI=1S/C19H14F2N4/c20-13-2-3-14(15(21)10-13)18(22)19-24-16-4-1-12(9-17(16)25-19)11-5-7-23-8-6-11/h1-10,18H,22H2,(H,24,25). The molecule has 0 amide bonds. The van der Waals surface area contributed by atoms with Crippen LogP contribution in [0.15, 0.2) is 60.9 Å². The van der Waals surface area contributed by atoms with E-state index in [9.17, 15) is 8.78 Å². The minimum Gasteiger partial charge on any atom is -0.340 e. The van der Waals surface area contributed by atoms with Gasteiger partial charge in [-0.1, -0.05) is 12.1 Å². The summed E-state index contributed by atoms with van der Waals surface area (Å²) in [5, 5.41) is 0. The second-order valence-corrected chi connectivity index (χ2v) is 5.73. The summed E-state index contributed by atoms with van der Waals surface area (Å²) >= 11 is 0. The summed E-state index contributed by atoms with van der Waals surface area (Å²) in [6, 6.07) is 12.1. The molecular weight excluding hydrogens is 322 g/mol. The Morgan fingerprint density at radius 3 is 2.48 bits per heavy atom. The zero-order valence-electron chi connectivity index (χ0n) is 13.1. The molecule has 0 bridgehead atoms. The molecule has 0 radical (unpaired) electrons. The van der Waals surface area contributed by atoms with E-state index in [2.05, 4.69) is 15.0 Å².